The predicted octanol–water partition coefficient (Wildman–Crippen LogP) is 1.83. The van der Waals surface area contributed by atoms with Crippen molar-refractivity contribution < 1.29 is 17.9 Å². The van der Waals surface area contributed by atoms with Gasteiger partial charge in [0, 0.05) is 6.04 Å². The summed E-state index contributed by atoms with van der Waals surface area (Å²) in [6.07, 6.45) is 4.13. The molecule has 2 rings (SSSR count). The maximum Gasteiger partial charge on any atom is 0.235 e. The molecule has 0 atom stereocenters. The molecule has 0 radical (unpaired) electrons. The topological polar surface area (TPSA) is 84.5 Å². The SMILES string of the molecule is COc1ccc(CS(=O)(=O)NCC(=O)NC2CCCC2)cc1Cl. The molecule has 0 bridgehead atoms. The monoisotopic (exact) mass is 360 g/mol. The Balaban J connectivity index is 1.86. The van der Waals surface area contributed by atoms with Gasteiger partial charge in [0.2, 0.25) is 15.9 Å². The molecule has 1 amide bonds. The molecule has 0 saturated heterocycles. The maximum atomic E-state index is 12.0. The highest BCUT2D eigenvalue weighted by Crippen LogP contribution is 2.25. The summed E-state index contributed by atoms with van der Waals surface area (Å²) in [7, 11) is -2.12. The van der Waals surface area contributed by atoms with E-state index in [2.05, 4.69) is 10.0 Å². The molecule has 2 N–H and O–H groups in total. The van der Waals surface area contributed by atoms with Crippen LogP contribution < -0.4 is 14.8 Å². The molecule has 0 aliphatic heterocycles. The summed E-state index contributed by atoms with van der Waals surface area (Å²) in [5.41, 5.74) is 0.527. The molecule has 0 aromatic heterocycles. The van der Waals surface area contributed by atoms with Crippen LogP contribution in [-0.2, 0) is 20.6 Å². The number of rotatable bonds is 7. The van der Waals surface area contributed by atoms with Crippen molar-refractivity contribution in [3.05, 3.63) is 28.8 Å². The van der Waals surface area contributed by atoms with Crippen LogP contribution in [0, 0.1) is 0 Å². The predicted molar refractivity (Wildman–Crippen MR) is 89.0 cm³/mol. The van der Waals surface area contributed by atoms with Gasteiger partial charge in [0.05, 0.1) is 24.4 Å². The van der Waals surface area contributed by atoms with E-state index >= 15 is 0 Å². The van der Waals surface area contributed by atoms with Crippen LogP contribution in [0.5, 0.6) is 5.75 Å². The van der Waals surface area contributed by atoms with Crippen molar-refractivity contribution in [2.24, 2.45) is 0 Å². The summed E-state index contributed by atoms with van der Waals surface area (Å²) >= 11 is 5.98. The quantitative estimate of drug-likeness (QED) is 0.776. The second-order valence-electron chi connectivity index (χ2n) is 5.60. The van der Waals surface area contributed by atoms with E-state index in [-0.39, 0.29) is 24.2 Å². The van der Waals surface area contributed by atoms with Gasteiger partial charge < -0.3 is 10.1 Å². The summed E-state index contributed by atoms with van der Waals surface area (Å²) in [5, 5.41) is 3.18. The molecular weight excluding hydrogens is 340 g/mol. The lowest BCUT2D eigenvalue weighted by Crippen LogP contribution is -2.41. The Hall–Kier alpha value is -1.31. The largest absolute Gasteiger partial charge is 0.495 e. The van der Waals surface area contributed by atoms with Crippen molar-refractivity contribution in [1.82, 2.24) is 10.0 Å². The van der Waals surface area contributed by atoms with Crippen LogP contribution in [0.1, 0.15) is 31.2 Å². The van der Waals surface area contributed by atoms with Crippen LogP contribution in [0.15, 0.2) is 18.2 Å². The number of carbonyl (C=O) groups excluding carboxylic acids is 1. The van der Waals surface area contributed by atoms with Crippen molar-refractivity contribution in [1.29, 1.82) is 0 Å². The van der Waals surface area contributed by atoms with Gasteiger partial charge in [0.1, 0.15) is 5.75 Å². The van der Waals surface area contributed by atoms with Crippen LogP contribution >= 0.6 is 11.6 Å². The molecule has 1 fully saturated rings. The smallest absolute Gasteiger partial charge is 0.235 e. The summed E-state index contributed by atoms with van der Waals surface area (Å²) < 4.78 is 31.4. The Morgan fingerprint density at radius 3 is 2.65 bits per heavy atom. The molecule has 1 aliphatic carbocycles. The van der Waals surface area contributed by atoms with E-state index in [0.717, 1.165) is 25.7 Å². The lowest BCUT2D eigenvalue weighted by Gasteiger charge is -2.12. The summed E-state index contributed by atoms with van der Waals surface area (Å²) in [5.74, 6) is -0.0575. The number of hydrogen-bond donors (Lipinski definition) is 2. The van der Waals surface area contributed by atoms with Crippen molar-refractivity contribution in [3.8, 4) is 5.75 Å². The fourth-order valence-electron chi connectivity index (χ4n) is 2.59. The highest BCUT2D eigenvalue weighted by Gasteiger charge is 2.19. The van der Waals surface area contributed by atoms with Crippen molar-refractivity contribution >= 4 is 27.5 Å². The third-order valence-electron chi connectivity index (χ3n) is 3.75. The van der Waals surface area contributed by atoms with Gasteiger partial charge in [-0.15, -0.1) is 0 Å². The van der Waals surface area contributed by atoms with E-state index in [1.165, 1.54) is 13.2 Å². The van der Waals surface area contributed by atoms with Crippen LogP contribution in [0.2, 0.25) is 5.02 Å². The number of amides is 1. The third-order valence-corrected chi connectivity index (χ3v) is 5.34. The van der Waals surface area contributed by atoms with E-state index in [0.29, 0.717) is 16.3 Å². The number of carbonyl (C=O) groups is 1. The van der Waals surface area contributed by atoms with Crippen molar-refractivity contribution in [2.75, 3.05) is 13.7 Å². The molecule has 1 aromatic rings. The molecule has 6 nitrogen and oxygen atoms in total. The normalized spacial score (nSPS) is 15.6. The molecule has 23 heavy (non-hydrogen) atoms. The number of ether oxygens (including phenoxy) is 1. The van der Waals surface area contributed by atoms with Gasteiger partial charge in [-0.25, -0.2) is 13.1 Å². The van der Waals surface area contributed by atoms with Gasteiger partial charge in [0.25, 0.3) is 0 Å². The van der Waals surface area contributed by atoms with Crippen LogP contribution in [0.25, 0.3) is 0 Å². The highest BCUT2D eigenvalue weighted by atomic mass is 35.5. The number of benzene rings is 1. The zero-order chi connectivity index (χ0) is 16.9. The second kappa shape index (κ2) is 7.99. The molecular formula is C15H21ClN2O4S. The van der Waals surface area contributed by atoms with Crippen molar-refractivity contribution in [2.45, 2.75) is 37.5 Å². The second-order valence-corrected chi connectivity index (χ2v) is 7.81. The van der Waals surface area contributed by atoms with Crippen molar-refractivity contribution in [3.63, 3.8) is 0 Å². The minimum atomic E-state index is -3.61. The first-order valence-electron chi connectivity index (χ1n) is 7.49. The van der Waals surface area contributed by atoms with Gasteiger partial charge in [-0.05, 0) is 30.5 Å². The fourth-order valence-corrected chi connectivity index (χ4v) is 3.95. The molecule has 0 spiro atoms. The van der Waals surface area contributed by atoms with E-state index in [4.69, 9.17) is 16.3 Å². The lowest BCUT2D eigenvalue weighted by atomic mass is 10.2. The summed E-state index contributed by atoms with van der Waals surface area (Å²) in [6.45, 7) is -0.247. The molecule has 1 aromatic carbocycles. The minimum Gasteiger partial charge on any atom is -0.495 e. The van der Waals surface area contributed by atoms with Crippen LogP contribution in [-0.4, -0.2) is 34.0 Å². The Labute approximate surface area is 141 Å². The Kier molecular flexibility index (Phi) is 6.26. The number of nitrogens with one attached hydrogen (secondary N) is 2. The van der Waals surface area contributed by atoms with E-state index < -0.39 is 10.0 Å². The van der Waals surface area contributed by atoms with Gasteiger partial charge in [0.15, 0.2) is 0 Å². The van der Waals surface area contributed by atoms with Gasteiger partial charge >= 0.3 is 0 Å². The maximum absolute atomic E-state index is 12.0. The molecule has 128 valence electrons. The molecule has 1 aliphatic rings. The Morgan fingerprint density at radius 1 is 1.35 bits per heavy atom. The van der Waals surface area contributed by atoms with E-state index in [1.807, 2.05) is 0 Å². The van der Waals surface area contributed by atoms with Crippen LogP contribution in [0.4, 0.5) is 0 Å². The van der Waals surface area contributed by atoms with E-state index in [9.17, 15) is 13.2 Å². The zero-order valence-corrected chi connectivity index (χ0v) is 14.5. The summed E-state index contributed by atoms with van der Waals surface area (Å²) in [6, 6.07) is 4.95. The van der Waals surface area contributed by atoms with E-state index in [1.54, 1.807) is 12.1 Å². The minimum absolute atomic E-state index is 0.174. The fraction of sp³-hybridized carbons (Fsp3) is 0.533. The highest BCUT2D eigenvalue weighted by molar-refractivity contribution is 7.88. The average molecular weight is 361 g/mol. The first-order valence-corrected chi connectivity index (χ1v) is 9.52. The van der Waals surface area contributed by atoms with Gasteiger partial charge in [-0.2, -0.15) is 0 Å². The van der Waals surface area contributed by atoms with Gasteiger partial charge in [-0.1, -0.05) is 30.5 Å². The summed E-state index contributed by atoms with van der Waals surface area (Å²) in [4.78, 5) is 11.8. The number of sulfonamides is 1. The number of halogens is 1. The Morgan fingerprint density at radius 2 is 2.04 bits per heavy atom. The first-order chi connectivity index (χ1) is 10.9. The van der Waals surface area contributed by atoms with Gasteiger partial charge in [-0.3, -0.25) is 4.79 Å². The van der Waals surface area contributed by atoms with Crippen LogP contribution in [0.3, 0.4) is 0 Å². The zero-order valence-electron chi connectivity index (χ0n) is 13.0. The number of methoxy groups -OCH3 is 1. The molecule has 8 heteroatoms. The molecule has 1 saturated carbocycles. The molecule has 0 unspecified atom stereocenters. The standard InChI is InChI=1S/C15H21ClN2O4S/c1-22-14-7-6-11(8-13(14)16)10-23(20,21)17-9-15(19)18-12-4-2-3-5-12/h6-8,12,17H,2-5,9-10H2,1H3,(H,18,19). The molecule has 0 heterocycles. The average Bonchev–Trinajstić information content (AvgIpc) is 2.98. The third kappa shape index (κ3) is 5.67. The Bertz CT molecular complexity index is 657. The number of hydrogen-bond acceptors (Lipinski definition) is 4. The lowest BCUT2D eigenvalue weighted by molar-refractivity contribution is -0.120. The first kappa shape index (κ1) is 18.0.